The Morgan fingerprint density at radius 2 is 1.80 bits per heavy atom. The van der Waals surface area contributed by atoms with Crippen LogP contribution < -0.4 is 10.9 Å². The number of nitrogens with one attached hydrogen (secondary N) is 1. The fourth-order valence-electron chi connectivity index (χ4n) is 3.21. The molecule has 2 aromatic rings. The Balaban J connectivity index is 1.61. The van der Waals surface area contributed by atoms with Crippen LogP contribution in [-0.4, -0.2) is 60.7 Å². The summed E-state index contributed by atoms with van der Waals surface area (Å²) in [5.74, 6) is 0. The zero-order valence-corrected chi connectivity index (χ0v) is 15.2. The summed E-state index contributed by atoms with van der Waals surface area (Å²) >= 11 is 0. The van der Waals surface area contributed by atoms with Crippen molar-refractivity contribution in [1.82, 2.24) is 14.4 Å². The van der Waals surface area contributed by atoms with E-state index in [2.05, 4.69) is 34.3 Å². The summed E-state index contributed by atoms with van der Waals surface area (Å²) < 4.78 is 1.77. The van der Waals surface area contributed by atoms with Crippen LogP contribution in [0.15, 0.2) is 47.4 Å². The second kappa shape index (κ2) is 8.32. The standard InChI is InChI=1S/C20H28N4O/c1-17-7-8-20(25)24(15-17)16-18-5-3-4-6-19(18)21-9-10-23-13-11-22(2)12-14-23/h3-8,15,21H,9-14,16H2,1-2H3. The van der Waals surface area contributed by atoms with Crippen LogP contribution in [0.1, 0.15) is 11.1 Å². The molecule has 0 atom stereocenters. The molecule has 0 bridgehead atoms. The minimum Gasteiger partial charge on any atom is -0.383 e. The number of hydrogen-bond donors (Lipinski definition) is 1. The number of nitrogens with zero attached hydrogens (tertiary/aromatic N) is 3. The van der Waals surface area contributed by atoms with Gasteiger partial charge in [0.05, 0.1) is 6.54 Å². The first-order valence-corrected chi connectivity index (χ1v) is 9.01. The molecule has 0 spiro atoms. The molecule has 134 valence electrons. The van der Waals surface area contributed by atoms with Crippen molar-refractivity contribution in [2.75, 3.05) is 51.6 Å². The van der Waals surface area contributed by atoms with Crippen LogP contribution in [0, 0.1) is 6.92 Å². The Morgan fingerprint density at radius 1 is 1.04 bits per heavy atom. The van der Waals surface area contributed by atoms with Gasteiger partial charge in [0.2, 0.25) is 0 Å². The Morgan fingerprint density at radius 3 is 2.60 bits per heavy atom. The van der Waals surface area contributed by atoms with E-state index < -0.39 is 0 Å². The molecule has 1 aliphatic rings. The number of rotatable bonds is 6. The van der Waals surface area contributed by atoms with Crippen LogP contribution in [-0.2, 0) is 6.54 Å². The maximum absolute atomic E-state index is 12.1. The molecule has 2 heterocycles. The first-order chi connectivity index (χ1) is 12.1. The van der Waals surface area contributed by atoms with Gasteiger partial charge in [0.25, 0.3) is 5.56 Å². The fourth-order valence-corrected chi connectivity index (χ4v) is 3.21. The smallest absolute Gasteiger partial charge is 0.250 e. The summed E-state index contributed by atoms with van der Waals surface area (Å²) in [7, 11) is 2.18. The minimum absolute atomic E-state index is 0.0397. The molecule has 0 amide bonds. The van der Waals surface area contributed by atoms with Crippen molar-refractivity contribution < 1.29 is 0 Å². The number of benzene rings is 1. The highest BCUT2D eigenvalue weighted by atomic mass is 16.1. The number of para-hydroxylation sites is 1. The topological polar surface area (TPSA) is 40.5 Å². The molecule has 0 radical (unpaired) electrons. The third-order valence-electron chi connectivity index (χ3n) is 4.83. The second-order valence-electron chi connectivity index (χ2n) is 6.90. The van der Waals surface area contributed by atoms with E-state index in [4.69, 9.17) is 0 Å². The van der Waals surface area contributed by atoms with Crippen molar-refractivity contribution in [2.24, 2.45) is 0 Å². The van der Waals surface area contributed by atoms with Crippen LogP contribution >= 0.6 is 0 Å². The molecule has 5 heteroatoms. The third-order valence-corrected chi connectivity index (χ3v) is 4.83. The summed E-state index contributed by atoms with van der Waals surface area (Å²) in [6, 6.07) is 11.8. The van der Waals surface area contributed by atoms with E-state index in [9.17, 15) is 4.79 Å². The largest absolute Gasteiger partial charge is 0.383 e. The molecule has 0 unspecified atom stereocenters. The van der Waals surface area contributed by atoms with Crippen molar-refractivity contribution in [2.45, 2.75) is 13.5 Å². The zero-order valence-electron chi connectivity index (χ0n) is 15.2. The predicted octanol–water partition coefficient (Wildman–Crippen LogP) is 1.86. The number of likely N-dealkylation sites (N-methyl/N-ethyl adjacent to an activating group) is 1. The van der Waals surface area contributed by atoms with Crippen LogP contribution in [0.4, 0.5) is 5.69 Å². The van der Waals surface area contributed by atoms with E-state index in [1.807, 2.05) is 31.3 Å². The predicted molar refractivity (Wildman–Crippen MR) is 103 cm³/mol. The Kier molecular flexibility index (Phi) is 5.89. The molecule has 1 aliphatic heterocycles. The van der Waals surface area contributed by atoms with Gasteiger partial charge in [-0.15, -0.1) is 0 Å². The lowest BCUT2D eigenvalue weighted by Gasteiger charge is -2.32. The van der Waals surface area contributed by atoms with Crippen LogP contribution in [0.3, 0.4) is 0 Å². The number of aromatic nitrogens is 1. The van der Waals surface area contributed by atoms with Crippen LogP contribution in [0.5, 0.6) is 0 Å². The molecule has 3 rings (SSSR count). The van der Waals surface area contributed by atoms with Gasteiger partial charge in [-0.3, -0.25) is 9.69 Å². The SMILES string of the molecule is Cc1ccc(=O)n(Cc2ccccc2NCCN2CCN(C)CC2)c1. The average molecular weight is 340 g/mol. The first kappa shape index (κ1) is 17.7. The van der Waals surface area contributed by atoms with E-state index >= 15 is 0 Å². The molecular weight excluding hydrogens is 312 g/mol. The van der Waals surface area contributed by atoms with E-state index in [1.165, 1.54) is 0 Å². The zero-order chi connectivity index (χ0) is 17.6. The lowest BCUT2D eigenvalue weighted by atomic mass is 10.1. The van der Waals surface area contributed by atoms with Gasteiger partial charge in [0, 0.05) is 57.2 Å². The van der Waals surface area contributed by atoms with Gasteiger partial charge >= 0.3 is 0 Å². The van der Waals surface area contributed by atoms with E-state index in [1.54, 1.807) is 10.6 Å². The first-order valence-electron chi connectivity index (χ1n) is 9.01. The highest BCUT2D eigenvalue weighted by molar-refractivity contribution is 5.51. The molecule has 1 fully saturated rings. The van der Waals surface area contributed by atoms with Gasteiger partial charge in [0.15, 0.2) is 0 Å². The quantitative estimate of drug-likeness (QED) is 0.871. The van der Waals surface area contributed by atoms with Gasteiger partial charge in [-0.25, -0.2) is 0 Å². The van der Waals surface area contributed by atoms with Crippen LogP contribution in [0.25, 0.3) is 0 Å². The summed E-state index contributed by atoms with van der Waals surface area (Å²) in [4.78, 5) is 16.9. The number of piperazine rings is 1. The lowest BCUT2D eigenvalue weighted by Crippen LogP contribution is -2.45. The van der Waals surface area contributed by atoms with Gasteiger partial charge in [0.1, 0.15) is 0 Å². The van der Waals surface area contributed by atoms with E-state index in [0.29, 0.717) is 6.54 Å². The fraction of sp³-hybridized carbons (Fsp3) is 0.450. The highest BCUT2D eigenvalue weighted by Crippen LogP contribution is 2.16. The summed E-state index contributed by atoms with van der Waals surface area (Å²) in [5, 5.41) is 3.56. The third kappa shape index (κ3) is 4.94. The van der Waals surface area contributed by atoms with Crippen molar-refractivity contribution >= 4 is 5.69 Å². The number of anilines is 1. The Hall–Kier alpha value is -2.11. The van der Waals surface area contributed by atoms with Gasteiger partial charge < -0.3 is 14.8 Å². The number of aryl methyl sites for hydroxylation is 1. The summed E-state index contributed by atoms with van der Waals surface area (Å²) in [6.07, 6.45) is 1.92. The normalized spacial score (nSPS) is 16.1. The van der Waals surface area contributed by atoms with Crippen molar-refractivity contribution in [3.05, 3.63) is 64.1 Å². The molecule has 0 saturated carbocycles. The minimum atomic E-state index is 0.0397. The number of pyridine rings is 1. The summed E-state index contributed by atoms with van der Waals surface area (Å²) in [5.41, 5.74) is 3.40. The van der Waals surface area contributed by atoms with Crippen molar-refractivity contribution in [1.29, 1.82) is 0 Å². The molecule has 1 N–H and O–H groups in total. The molecule has 5 nitrogen and oxygen atoms in total. The van der Waals surface area contributed by atoms with Crippen LogP contribution in [0.2, 0.25) is 0 Å². The van der Waals surface area contributed by atoms with Crippen molar-refractivity contribution in [3.63, 3.8) is 0 Å². The summed E-state index contributed by atoms with van der Waals surface area (Å²) in [6.45, 7) is 9.14. The highest BCUT2D eigenvalue weighted by Gasteiger charge is 2.13. The molecule has 1 aromatic carbocycles. The van der Waals surface area contributed by atoms with Gasteiger partial charge in [-0.2, -0.15) is 0 Å². The van der Waals surface area contributed by atoms with Gasteiger partial charge in [-0.1, -0.05) is 24.3 Å². The molecule has 0 aliphatic carbocycles. The maximum atomic E-state index is 12.1. The van der Waals surface area contributed by atoms with E-state index in [0.717, 1.165) is 56.1 Å². The Labute approximate surface area is 149 Å². The molecule has 25 heavy (non-hydrogen) atoms. The lowest BCUT2D eigenvalue weighted by molar-refractivity contribution is 0.158. The maximum Gasteiger partial charge on any atom is 0.250 e. The average Bonchev–Trinajstić information content (AvgIpc) is 2.61. The Bertz CT molecular complexity index is 747. The van der Waals surface area contributed by atoms with Crippen molar-refractivity contribution in [3.8, 4) is 0 Å². The van der Waals surface area contributed by atoms with Gasteiger partial charge in [-0.05, 0) is 31.2 Å². The van der Waals surface area contributed by atoms with E-state index in [-0.39, 0.29) is 5.56 Å². The monoisotopic (exact) mass is 340 g/mol. The molecule has 1 aromatic heterocycles. The molecule has 1 saturated heterocycles. The molecular formula is C20H28N4O. The second-order valence-corrected chi connectivity index (χ2v) is 6.90. The number of hydrogen-bond acceptors (Lipinski definition) is 4.